The van der Waals surface area contributed by atoms with Crippen LogP contribution in [0.5, 0.6) is 0 Å². The summed E-state index contributed by atoms with van der Waals surface area (Å²) in [6, 6.07) is 9.51. The third-order valence-corrected chi connectivity index (χ3v) is 4.44. The Morgan fingerprint density at radius 3 is 2.94 bits per heavy atom. The first kappa shape index (κ1) is 12.2. The molecule has 0 aliphatic carbocycles. The molecule has 1 aromatic carbocycles. The van der Waals surface area contributed by atoms with E-state index in [4.69, 9.17) is 0 Å². The number of benzene rings is 1. The van der Waals surface area contributed by atoms with E-state index in [1.165, 1.54) is 31.5 Å². The third-order valence-electron chi connectivity index (χ3n) is 4.44. The number of piperidine rings is 1. The summed E-state index contributed by atoms with van der Waals surface area (Å²) in [7, 11) is 0. The number of hydrogen-bond acceptors (Lipinski definition) is 2. The van der Waals surface area contributed by atoms with E-state index in [2.05, 4.69) is 48.3 Å². The number of likely N-dealkylation sites (tertiary alicyclic amines) is 1. The van der Waals surface area contributed by atoms with Crippen molar-refractivity contribution in [1.82, 2.24) is 10.2 Å². The lowest BCUT2D eigenvalue weighted by Gasteiger charge is -2.44. The van der Waals surface area contributed by atoms with Gasteiger partial charge in [-0.3, -0.25) is 4.90 Å². The molecule has 0 radical (unpaired) electrons. The molecular weight excluding hydrogens is 220 g/mol. The summed E-state index contributed by atoms with van der Waals surface area (Å²) in [5, 5.41) is 3.57. The summed E-state index contributed by atoms with van der Waals surface area (Å²) in [5.41, 5.74) is 3.51. The molecule has 2 nitrogen and oxygen atoms in total. The Bertz CT molecular complexity index is 425. The summed E-state index contributed by atoms with van der Waals surface area (Å²) in [6.07, 6.45) is 2.71. The van der Waals surface area contributed by atoms with Gasteiger partial charge in [0.2, 0.25) is 0 Å². The summed E-state index contributed by atoms with van der Waals surface area (Å²) in [5.74, 6) is 0. The summed E-state index contributed by atoms with van der Waals surface area (Å²) in [6.45, 7) is 9.43. The van der Waals surface area contributed by atoms with Crippen molar-refractivity contribution in [2.24, 2.45) is 5.41 Å². The maximum absolute atomic E-state index is 3.57. The molecule has 1 N–H and O–H groups in total. The van der Waals surface area contributed by atoms with Gasteiger partial charge in [-0.1, -0.05) is 38.1 Å². The maximum atomic E-state index is 3.57. The van der Waals surface area contributed by atoms with Crippen LogP contribution in [0, 0.1) is 5.41 Å². The highest BCUT2D eigenvalue weighted by molar-refractivity contribution is 5.32. The second-order valence-corrected chi connectivity index (χ2v) is 6.58. The van der Waals surface area contributed by atoms with Crippen molar-refractivity contribution in [3.05, 3.63) is 35.4 Å². The zero-order valence-corrected chi connectivity index (χ0v) is 11.6. The Labute approximate surface area is 110 Å². The molecule has 0 saturated carbocycles. The monoisotopic (exact) mass is 244 g/mol. The minimum absolute atomic E-state index is 0.477. The first-order valence-corrected chi connectivity index (χ1v) is 7.18. The Morgan fingerprint density at radius 2 is 2.11 bits per heavy atom. The van der Waals surface area contributed by atoms with Gasteiger partial charge in [-0.05, 0) is 35.9 Å². The van der Waals surface area contributed by atoms with Crippen LogP contribution in [0.15, 0.2) is 24.3 Å². The van der Waals surface area contributed by atoms with Gasteiger partial charge in [-0.15, -0.1) is 0 Å². The highest BCUT2D eigenvalue weighted by Crippen LogP contribution is 2.35. The molecule has 1 saturated heterocycles. The zero-order valence-electron chi connectivity index (χ0n) is 11.6. The van der Waals surface area contributed by atoms with Gasteiger partial charge in [0, 0.05) is 25.7 Å². The van der Waals surface area contributed by atoms with E-state index in [0.29, 0.717) is 11.5 Å². The van der Waals surface area contributed by atoms with Crippen LogP contribution in [-0.4, -0.2) is 24.5 Å². The normalized spacial score (nSPS) is 27.8. The Balaban J connectivity index is 1.85. The van der Waals surface area contributed by atoms with Crippen molar-refractivity contribution in [3.8, 4) is 0 Å². The topological polar surface area (TPSA) is 15.3 Å². The fourth-order valence-electron chi connectivity index (χ4n) is 3.53. The number of fused-ring (bicyclic) bond motifs is 1. The lowest BCUT2D eigenvalue weighted by molar-refractivity contribution is 0.0739. The molecule has 2 heteroatoms. The summed E-state index contributed by atoms with van der Waals surface area (Å²) < 4.78 is 0. The lowest BCUT2D eigenvalue weighted by atomic mass is 9.82. The molecule has 18 heavy (non-hydrogen) atoms. The Kier molecular flexibility index (Phi) is 3.16. The van der Waals surface area contributed by atoms with Crippen molar-refractivity contribution in [1.29, 1.82) is 0 Å². The van der Waals surface area contributed by atoms with E-state index < -0.39 is 0 Å². The van der Waals surface area contributed by atoms with Crippen molar-refractivity contribution in [2.45, 2.75) is 39.3 Å². The van der Waals surface area contributed by atoms with E-state index in [1.807, 2.05) is 0 Å². The summed E-state index contributed by atoms with van der Waals surface area (Å²) >= 11 is 0. The molecule has 2 aliphatic rings. The van der Waals surface area contributed by atoms with Crippen LogP contribution in [-0.2, 0) is 6.54 Å². The van der Waals surface area contributed by atoms with Crippen LogP contribution in [0.25, 0.3) is 0 Å². The van der Waals surface area contributed by atoms with Gasteiger partial charge < -0.3 is 5.32 Å². The quantitative estimate of drug-likeness (QED) is 0.817. The molecule has 1 aromatic rings. The SMILES string of the molecule is CC1(C)CCCN(C2CNCc3ccccc32)C1. The van der Waals surface area contributed by atoms with Gasteiger partial charge in [-0.2, -0.15) is 0 Å². The second-order valence-electron chi connectivity index (χ2n) is 6.58. The Morgan fingerprint density at radius 1 is 1.28 bits per heavy atom. The van der Waals surface area contributed by atoms with Crippen molar-refractivity contribution >= 4 is 0 Å². The highest BCUT2D eigenvalue weighted by atomic mass is 15.2. The standard InChI is InChI=1S/C16H24N2/c1-16(2)8-5-9-18(12-16)15-11-17-10-13-6-3-4-7-14(13)15/h3-4,6-7,15,17H,5,8-12H2,1-2H3. The smallest absolute Gasteiger partial charge is 0.0476 e. The van der Waals surface area contributed by atoms with Gasteiger partial charge in [0.05, 0.1) is 0 Å². The molecule has 1 atom stereocenters. The molecule has 1 unspecified atom stereocenters. The third kappa shape index (κ3) is 2.32. The second kappa shape index (κ2) is 4.67. The molecular formula is C16H24N2. The highest BCUT2D eigenvalue weighted by Gasteiger charge is 2.32. The molecule has 0 spiro atoms. The molecule has 0 bridgehead atoms. The number of nitrogens with one attached hydrogen (secondary N) is 1. The minimum Gasteiger partial charge on any atom is -0.311 e. The minimum atomic E-state index is 0.477. The van der Waals surface area contributed by atoms with Crippen LogP contribution in [0.2, 0.25) is 0 Å². The maximum Gasteiger partial charge on any atom is 0.0476 e. The number of nitrogens with zero attached hydrogens (tertiary/aromatic N) is 1. The molecule has 3 rings (SSSR count). The van der Waals surface area contributed by atoms with Crippen LogP contribution in [0.1, 0.15) is 43.9 Å². The fourth-order valence-corrected chi connectivity index (χ4v) is 3.53. The van der Waals surface area contributed by atoms with E-state index in [1.54, 1.807) is 5.56 Å². The average Bonchev–Trinajstić information content (AvgIpc) is 2.37. The molecule has 0 amide bonds. The summed E-state index contributed by atoms with van der Waals surface area (Å²) in [4.78, 5) is 2.69. The molecule has 98 valence electrons. The predicted molar refractivity (Wildman–Crippen MR) is 75.5 cm³/mol. The van der Waals surface area contributed by atoms with Crippen LogP contribution >= 0.6 is 0 Å². The zero-order chi connectivity index (χ0) is 12.6. The van der Waals surface area contributed by atoms with E-state index in [-0.39, 0.29) is 0 Å². The molecule has 2 aliphatic heterocycles. The molecule has 0 aromatic heterocycles. The molecule has 1 fully saturated rings. The van der Waals surface area contributed by atoms with Crippen LogP contribution in [0.3, 0.4) is 0 Å². The fraction of sp³-hybridized carbons (Fsp3) is 0.625. The first-order valence-electron chi connectivity index (χ1n) is 7.18. The van der Waals surface area contributed by atoms with Crippen LogP contribution < -0.4 is 5.32 Å². The van der Waals surface area contributed by atoms with Crippen molar-refractivity contribution in [2.75, 3.05) is 19.6 Å². The number of rotatable bonds is 1. The number of hydrogen-bond donors (Lipinski definition) is 1. The first-order chi connectivity index (χ1) is 8.66. The average molecular weight is 244 g/mol. The lowest BCUT2D eigenvalue weighted by Crippen LogP contribution is -2.46. The van der Waals surface area contributed by atoms with E-state index in [0.717, 1.165) is 13.1 Å². The Hall–Kier alpha value is -0.860. The molecule has 2 heterocycles. The van der Waals surface area contributed by atoms with Gasteiger partial charge in [0.25, 0.3) is 0 Å². The van der Waals surface area contributed by atoms with E-state index >= 15 is 0 Å². The van der Waals surface area contributed by atoms with Gasteiger partial charge in [0.15, 0.2) is 0 Å². The predicted octanol–water partition coefficient (Wildman–Crippen LogP) is 2.95. The van der Waals surface area contributed by atoms with Gasteiger partial charge in [-0.25, -0.2) is 0 Å². The van der Waals surface area contributed by atoms with E-state index in [9.17, 15) is 0 Å². The van der Waals surface area contributed by atoms with Gasteiger partial charge in [0.1, 0.15) is 0 Å². The largest absolute Gasteiger partial charge is 0.311 e. The van der Waals surface area contributed by atoms with Crippen LogP contribution in [0.4, 0.5) is 0 Å². The van der Waals surface area contributed by atoms with Crippen molar-refractivity contribution in [3.63, 3.8) is 0 Å². The van der Waals surface area contributed by atoms with Crippen molar-refractivity contribution < 1.29 is 0 Å². The van der Waals surface area contributed by atoms with Gasteiger partial charge >= 0.3 is 0 Å².